The Kier molecular flexibility index (Phi) is 6.04. The average Bonchev–Trinajstić information content (AvgIpc) is 2.50. The number of hydrogen-bond acceptors (Lipinski definition) is 2. The zero-order chi connectivity index (χ0) is 17.6. The van der Waals surface area contributed by atoms with Gasteiger partial charge >= 0.3 is 0 Å². The summed E-state index contributed by atoms with van der Waals surface area (Å²) in [7, 11) is -0.516. The molecule has 0 aromatic carbocycles. The van der Waals surface area contributed by atoms with Crippen LogP contribution in [-0.2, 0) is 4.43 Å². The van der Waals surface area contributed by atoms with Gasteiger partial charge in [0, 0.05) is 13.1 Å². The van der Waals surface area contributed by atoms with E-state index < -0.39 is 23.9 Å². The number of hydrogen-bond donors (Lipinski definition) is 0. The van der Waals surface area contributed by atoms with Crippen LogP contribution in [0.3, 0.4) is 0 Å². The molecule has 0 aromatic heterocycles. The molecule has 1 fully saturated rings. The SMILES string of the molecule is CN1CCN(C)P1(=N[Si](C)(C)C)C(O[Si](C)(C)C)C(C)(C)C. The Morgan fingerprint density at radius 3 is 1.64 bits per heavy atom. The minimum Gasteiger partial charge on any atom is -0.406 e. The first kappa shape index (κ1) is 20.6. The average molecular weight is 364 g/mol. The van der Waals surface area contributed by atoms with Crippen LogP contribution in [0, 0.1) is 5.41 Å². The summed E-state index contributed by atoms with van der Waals surface area (Å²) < 4.78 is 17.4. The summed E-state index contributed by atoms with van der Waals surface area (Å²) in [4.78, 5) is 0. The fourth-order valence-corrected chi connectivity index (χ4v) is 13.7. The molecule has 1 heterocycles. The Hall–Kier alpha value is 0.544. The number of likely N-dealkylation sites (N-methyl/N-ethyl adjacent to an activating group) is 2. The smallest absolute Gasteiger partial charge is 0.184 e. The molecule has 0 amide bonds. The van der Waals surface area contributed by atoms with Crippen molar-refractivity contribution in [3.8, 4) is 0 Å². The van der Waals surface area contributed by atoms with Gasteiger partial charge in [0.15, 0.2) is 16.6 Å². The fourth-order valence-electron chi connectivity index (χ4n) is 2.95. The van der Waals surface area contributed by atoms with Gasteiger partial charge in [-0.3, -0.25) is 9.34 Å². The van der Waals surface area contributed by atoms with E-state index in [1.165, 1.54) is 0 Å². The zero-order valence-electron chi connectivity index (χ0n) is 16.7. The van der Waals surface area contributed by atoms with E-state index in [0.717, 1.165) is 13.1 Å². The van der Waals surface area contributed by atoms with E-state index in [9.17, 15) is 0 Å². The van der Waals surface area contributed by atoms with Gasteiger partial charge in [0.25, 0.3) is 0 Å². The highest BCUT2D eigenvalue weighted by Gasteiger charge is 2.50. The van der Waals surface area contributed by atoms with Crippen molar-refractivity contribution in [1.29, 1.82) is 0 Å². The molecule has 132 valence electrons. The Morgan fingerprint density at radius 2 is 1.36 bits per heavy atom. The van der Waals surface area contributed by atoms with Crippen LogP contribution < -0.4 is 0 Å². The maximum absolute atomic E-state index is 6.81. The molecule has 0 aromatic rings. The van der Waals surface area contributed by atoms with Crippen molar-refractivity contribution in [2.24, 2.45) is 9.83 Å². The molecule has 0 saturated carbocycles. The van der Waals surface area contributed by atoms with Crippen molar-refractivity contribution < 1.29 is 4.43 Å². The molecule has 7 heteroatoms. The summed E-state index contributed by atoms with van der Waals surface area (Å²) in [6.45, 7) is 23.1. The molecule has 22 heavy (non-hydrogen) atoms. The molecule has 1 aliphatic heterocycles. The number of nitrogens with zero attached hydrogens (tertiary/aromatic N) is 3. The molecule has 0 aliphatic carbocycles. The third-order valence-corrected chi connectivity index (χ3v) is 12.4. The van der Waals surface area contributed by atoms with Crippen molar-refractivity contribution in [1.82, 2.24) is 9.34 Å². The second-order valence-corrected chi connectivity index (χ2v) is 22.3. The van der Waals surface area contributed by atoms with Crippen LogP contribution in [0.4, 0.5) is 0 Å². The van der Waals surface area contributed by atoms with E-state index in [0.29, 0.717) is 0 Å². The lowest BCUT2D eigenvalue weighted by Gasteiger charge is -2.48. The van der Waals surface area contributed by atoms with Gasteiger partial charge in [0.1, 0.15) is 13.2 Å². The van der Waals surface area contributed by atoms with Gasteiger partial charge < -0.3 is 8.84 Å². The van der Waals surface area contributed by atoms with E-state index in [1.807, 2.05) is 0 Å². The molecule has 1 unspecified atom stereocenters. The third-order valence-electron chi connectivity index (χ3n) is 3.72. The molecule has 1 aliphatic rings. The van der Waals surface area contributed by atoms with E-state index >= 15 is 0 Å². The van der Waals surface area contributed by atoms with Crippen molar-refractivity contribution in [3.63, 3.8) is 0 Å². The van der Waals surface area contributed by atoms with Gasteiger partial charge in [0.2, 0.25) is 0 Å². The highest BCUT2D eigenvalue weighted by Crippen LogP contribution is 2.67. The molecular formula is C15H38N3OPSi2. The first-order valence-corrected chi connectivity index (χ1v) is 16.9. The molecule has 0 spiro atoms. The summed E-state index contributed by atoms with van der Waals surface area (Å²) in [6, 6.07) is 0. The maximum atomic E-state index is 6.81. The largest absolute Gasteiger partial charge is 0.406 e. The molecule has 1 rings (SSSR count). The second kappa shape index (κ2) is 6.45. The van der Waals surface area contributed by atoms with Gasteiger partial charge in [-0.2, -0.15) is 0 Å². The highest BCUT2D eigenvalue weighted by atomic mass is 31.2. The van der Waals surface area contributed by atoms with Crippen LogP contribution in [0.1, 0.15) is 20.8 Å². The van der Waals surface area contributed by atoms with Gasteiger partial charge in [-0.15, -0.1) is 0 Å². The van der Waals surface area contributed by atoms with Gasteiger partial charge in [0.05, 0.1) is 0 Å². The van der Waals surface area contributed by atoms with Crippen LogP contribution in [0.2, 0.25) is 39.3 Å². The molecule has 4 nitrogen and oxygen atoms in total. The molecule has 0 N–H and O–H groups in total. The predicted molar refractivity (Wildman–Crippen MR) is 106 cm³/mol. The number of rotatable bonds is 4. The van der Waals surface area contributed by atoms with Gasteiger partial charge in [-0.05, 0) is 58.8 Å². The van der Waals surface area contributed by atoms with E-state index in [-0.39, 0.29) is 11.3 Å². The minimum atomic E-state index is -1.81. The first-order chi connectivity index (χ1) is 9.59. The fraction of sp³-hybridized carbons (Fsp3) is 1.00. The van der Waals surface area contributed by atoms with Crippen molar-refractivity contribution in [2.45, 2.75) is 65.9 Å². The summed E-state index contributed by atoms with van der Waals surface area (Å²) in [5, 5.41) is 0. The Balaban J connectivity index is 3.57. The minimum absolute atomic E-state index is 0.0874. The summed E-state index contributed by atoms with van der Waals surface area (Å²) >= 11 is 0. The molecule has 0 radical (unpaired) electrons. The Bertz CT molecular complexity index is 435. The van der Waals surface area contributed by atoms with Crippen LogP contribution in [-0.4, -0.2) is 58.9 Å². The quantitative estimate of drug-likeness (QED) is 0.522. The first-order valence-electron chi connectivity index (χ1n) is 8.34. The topological polar surface area (TPSA) is 28.1 Å². The predicted octanol–water partition coefficient (Wildman–Crippen LogP) is 4.95. The van der Waals surface area contributed by atoms with Gasteiger partial charge in [-0.25, -0.2) is 0 Å². The lowest BCUT2D eigenvalue weighted by Crippen LogP contribution is -2.43. The maximum Gasteiger partial charge on any atom is 0.184 e. The Morgan fingerprint density at radius 1 is 0.955 bits per heavy atom. The van der Waals surface area contributed by atoms with Crippen molar-refractivity contribution in [3.05, 3.63) is 0 Å². The molecular weight excluding hydrogens is 325 g/mol. The van der Waals surface area contributed by atoms with Crippen molar-refractivity contribution in [2.75, 3.05) is 27.2 Å². The summed E-state index contributed by atoms with van der Waals surface area (Å²) in [6.07, 6.45) is 0. The van der Waals surface area contributed by atoms with Gasteiger partial charge in [-0.1, -0.05) is 20.8 Å². The second-order valence-electron chi connectivity index (χ2n) is 9.60. The van der Waals surface area contributed by atoms with Crippen LogP contribution in [0.15, 0.2) is 4.41 Å². The van der Waals surface area contributed by atoms with E-state index in [4.69, 9.17) is 8.84 Å². The highest BCUT2D eigenvalue weighted by molar-refractivity contribution is 7.63. The lowest BCUT2D eigenvalue weighted by atomic mass is 9.98. The van der Waals surface area contributed by atoms with Crippen LogP contribution in [0.25, 0.3) is 0 Å². The Labute approximate surface area is 141 Å². The van der Waals surface area contributed by atoms with E-state index in [1.54, 1.807) is 0 Å². The zero-order valence-corrected chi connectivity index (χ0v) is 19.6. The molecule has 0 bridgehead atoms. The molecule has 1 atom stereocenters. The molecule has 1 saturated heterocycles. The third kappa shape index (κ3) is 4.77. The van der Waals surface area contributed by atoms with Crippen molar-refractivity contribution >= 4 is 23.9 Å². The standard InChI is InChI=1S/C15H38N3OPSi2/c1-15(2,3)14(19-22(9,10)11)20(16-21(6,7)8)17(4)12-13-18(20)5/h14H,12-13H2,1-11H3. The van der Waals surface area contributed by atoms with E-state index in [2.05, 4.69) is 83.5 Å². The normalized spacial score (nSPS) is 22.9. The lowest BCUT2D eigenvalue weighted by molar-refractivity contribution is 0.143. The van der Waals surface area contributed by atoms with Crippen LogP contribution in [0.5, 0.6) is 0 Å². The van der Waals surface area contributed by atoms with Crippen LogP contribution >= 0.6 is 7.36 Å². The summed E-state index contributed by atoms with van der Waals surface area (Å²) in [5.41, 5.74) is 0.0874. The summed E-state index contributed by atoms with van der Waals surface area (Å²) in [5.74, 6) is 0.191. The monoisotopic (exact) mass is 363 g/mol.